The molecular weight excluding hydrogens is 151 g/mol. The molecule has 0 radical (unpaired) electrons. The van der Waals surface area contributed by atoms with Crippen molar-refractivity contribution < 1.29 is 14.2 Å². The highest BCUT2D eigenvalue weighted by Crippen LogP contribution is 2.41. The molecule has 0 heterocycles. The van der Waals surface area contributed by atoms with Gasteiger partial charge in [-0.05, 0) is 13.3 Å². The Bertz CT molecular complexity index is 129. The standard InChI is InChI=1S/C6H15O3P/c1-4-5-9-6(2)10(3,7)8/h6H,4-5H2,1-3H3,(H,7,8). The van der Waals surface area contributed by atoms with Crippen molar-refractivity contribution in [2.45, 2.75) is 26.1 Å². The number of ether oxygens (including phenoxy) is 1. The molecule has 0 aromatic heterocycles. The van der Waals surface area contributed by atoms with Gasteiger partial charge in [0.1, 0.15) is 5.85 Å². The average Bonchev–Trinajstić information content (AvgIpc) is 1.80. The normalized spacial score (nSPS) is 20.0. The highest BCUT2D eigenvalue weighted by atomic mass is 31.2. The van der Waals surface area contributed by atoms with Gasteiger partial charge in [0.15, 0.2) is 0 Å². The van der Waals surface area contributed by atoms with Gasteiger partial charge >= 0.3 is 0 Å². The van der Waals surface area contributed by atoms with Crippen LogP contribution in [0.25, 0.3) is 0 Å². The van der Waals surface area contributed by atoms with E-state index in [1.165, 1.54) is 6.66 Å². The summed E-state index contributed by atoms with van der Waals surface area (Å²) in [5.74, 6) is -0.521. The van der Waals surface area contributed by atoms with Gasteiger partial charge in [0.25, 0.3) is 0 Å². The molecule has 2 atom stereocenters. The first-order valence-electron chi connectivity index (χ1n) is 3.40. The zero-order chi connectivity index (χ0) is 8.20. The zero-order valence-electron chi connectivity index (χ0n) is 6.70. The van der Waals surface area contributed by atoms with Gasteiger partial charge in [0, 0.05) is 13.3 Å². The van der Waals surface area contributed by atoms with E-state index in [0.29, 0.717) is 6.61 Å². The van der Waals surface area contributed by atoms with E-state index in [9.17, 15) is 4.57 Å². The van der Waals surface area contributed by atoms with Crippen LogP contribution in [0.3, 0.4) is 0 Å². The van der Waals surface area contributed by atoms with Crippen LogP contribution in [0.1, 0.15) is 20.3 Å². The summed E-state index contributed by atoms with van der Waals surface area (Å²) >= 11 is 0. The molecule has 3 nitrogen and oxygen atoms in total. The van der Waals surface area contributed by atoms with E-state index in [1.807, 2.05) is 6.92 Å². The second kappa shape index (κ2) is 4.12. The first-order valence-corrected chi connectivity index (χ1v) is 5.57. The molecule has 10 heavy (non-hydrogen) atoms. The molecule has 0 aliphatic carbocycles. The Morgan fingerprint density at radius 1 is 1.70 bits per heavy atom. The summed E-state index contributed by atoms with van der Waals surface area (Å²) < 4.78 is 15.9. The van der Waals surface area contributed by atoms with Gasteiger partial charge in [0.2, 0.25) is 7.37 Å². The fourth-order valence-corrected chi connectivity index (χ4v) is 0.809. The maximum atomic E-state index is 10.9. The van der Waals surface area contributed by atoms with Crippen LogP contribution in [0, 0.1) is 0 Å². The SMILES string of the molecule is CCCOC(C)P(C)(=O)O. The van der Waals surface area contributed by atoms with Gasteiger partial charge in [-0.3, -0.25) is 4.57 Å². The van der Waals surface area contributed by atoms with Crippen molar-refractivity contribution in [2.75, 3.05) is 13.3 Å². The number of rotatable bonds is 4. The van der Waals surface area contributed by atoms with Crippen molar-refractivity contribution in [3.63, 3.8) is 0 Å². The van der Waals surface area contributed by atoms with E-state index in [-0.39, 0.29) is 0 Å². The van der Waals surface area contributed by atoms with Crippen LogP contribution < -0.4 is 0 Å². The van der Waals surface area contributed by atoms with Crippen LogP contribution in [-0.2, 0) is 9.30 Å². The molecule has 2 unspecified atom stereocenters. The molecule has 0 aliphatic rings. The van der Waals surface area contributed by atoms with Crippen LogP contribution in [0.15, 0.2) is 0 Å². The van der Waals surface area contributed by atoms with Gasteiger partial charge < -0.3 is 9.63 Å². The van der Waals surface area contributed by atoms with Crippen molar-refractivity contribution >= 4 is 7.37 Å². The summed E-state index contributed by atoms with van der Waals surface area (Å²) in [5.41, 5.74) is 0. The third kappa shape index (κ3) is 4.04. The lowest BCUT2D eigenvalue weighted by atomic mass is 10.5. The van der Waals surface area contributed by atoms with Crippen LogP contribution in [0.5, 0.6) is 0 Å². The molecule has 0 fully saturated rings. The average molecular weight is 166 g/mol. The van der Waals surface area contributed by atoms with Gasteiger partial charge in [0.05, 0.1) is 0 Å². The van der Waals surface area contributed by atoms with E-state index in [1.54, 1.807) is 6.92 Å². The van der Waals surface area contributed by atoms with Crippen molar-refractivity contribution in [2.24, 2.45) is 0 Å². The van der Waals surface area contributed by atoms with E-state index < -0.39 is 13.2 Å². The van der Waals surface area contributed by atoms with Crippen LogP contribution in [0.4, 0.5) is 0 Å². The molecule has 0 amide bonds. The predicted molar refractivity (Wildman–Crippen MR) is 41.5 cm³/mol. The third-order valence-corrected chi connectivity index (χ3v) is 2.74. The molecular formula is C6H15O3P. The third-order valence-electron chi connectivity index (χ3n) is 1.24. The molecule has 1 N–H and O–H groups in total. The minimum Gasteiger partial charge on any atom is -0.368 e. The van der Waals surface area contributed by atoms with Crippen molar-refractivity contribution in [1.82, 2.24) is 0 Å². The second-order valence-corrected chi connectivity index (χ2v) is 5.03. The van der Waals surface area contributed by atoms with Crippen LogP contribution in [0.2, 0.25) is 0 Å². The summed E-state index contributed by atoms with van der Waals surface area (Å²) in [5, 5.41) is 0. The Labute approximate surface area is 61.8 Å². The quantitative estimate of drug-likeness (QED) is 0.646. The Kier molecular flexibility index (Phi) is 4.18. The maximum absolute atomic E-state index is 10.9. The lowest BCUT2D eigenvalue weighted by Gasteiger charge is -2.14. The molecule has 0 bridgehead atoms. The summed E-state index contributed by atoms with van der Waals surface area (Å²) in [6.07, 6.45) is 0.879. The van der Waals surface area contributed by atoms with Crippen molar-refractivity contribution in [3.05, 3.63) is 0 Å². The first kappa shape index (κ1) is 10.2. The molecule has 0 aliphatic heterocycles. The zero-order valence-corrected chi connectivity index (χ0v) is 7.60. The molecule has 62 valence electrons. The Hall–Kier alpha value is 0.150. The number of hydrogen-bond acceptors (Lipinski definition) is 2. The predicted octanol–water partition coefficient (Wildman–Crippen LogP) is 1.66. The Balaban J connectivity index is 3.63. The molecule has 0 aromatic carbocycles. The fourth-order valence-electron chi connectivity index (χ4n) is 0.427. The summed E-state index contributed by atoms with van der Waals surface area (Å²) in [6, 6.07) is 0. The smallest absolute Gasteiger partial charge is 0.225 e. The van der Waals surface area contributed by atoms with Gasteiger partial charge in [-0.25, -0.2) is 0 Å². The molecule has 0 saturated carbocycles. The summed E-state index contributed by atoms with van der Waals surface area (Å²) in [7, 11) is -3.01. The van der Waals surface area contributed by atoms with Crippen molar-refractivity contribution in [1.29, 1.82) is 0 Å². The summed E-state index contributed by atoms with van der Waals surface area (Å²) in [6.45, 7) is 5.45. The van der Waals surface area contributed by atoms with Gasteiger partial charge in [-0.1, -0.05) is 6.92 Å². The van der Waals surface area contributed by atoms with Gasteiger partial charge in [-0.15, -0.1) is 0 Å². The molecule has 0 rings (SSSR count). The highest BCUT2D eigenvalue weighted by Gasteiger charge is 2.20. The van der Waals surface area contributed by atoms with E-state index in [4.69, 9.17) is 9.63 Å². The second-order valence-electron chi connectivity index (χ2n) is 2.41. The van der Waals surface area contributed by atoms with E-state index >= 15 is 0 Å². The molecule has 0 saturated heterocycles. The molecule has 4 heteroatoms. The molecule has 0 aromatic rings. The van der Waals surface area contributed by atoms with Gasteiger partial charge in [-0.2, -0.15) is 0 Å². The van der Waals surface area contributed by atoms with E-state index in [0.717, 1.165) is 6.42 Å². The van der Waals surface area contributed by atoms with Crippen molar-refractivity contribution in [3.8, 4) is 0 Å². The lowest BCUT2D eigenvalue weighted by Crippen LogP contribution is -2.08. The fraction of sp³-hybridized carbons (Fsp3) is 1.00. The monoisotopic (exact) mass is 166 g/mol. The lowest BCUT2D eigenvalue weighted by molar-refractivity contribution is 0.109. The minimum absolute atomic E-state index is 0.521. The van der Waals surface area contributed by atoms with Crippen LogP contribution in [-0.4, -0.2) is 24.0 Å². The Morgan fingerprint density at radius 2 is 2.20 bits per heavy atom. The topological polar surface area (TPSA) is 46.5 Å². The highest BCUT2D eigenvalue weighted by molar-refractivity contribution is 7.57. The summed E-state index contributed by atoms with van der Waals surface area (Å²) in [4.78, 5) is 8.94. The minimum atomic E-state index is -3.01. The first-order chi connectivity index (χ1) is 4.48. The van der Waals surface area contributed by atoms with Crippen LogP contribution >= 0.6 is 7.37 Å². The largest absolute Gasteiger partial charge is 0.368 e. The Morgan fingerprint density at radius 3 is 2.50 bits per heavy atom. The van der Waals surface area contributed by atoms with E-state index in [2.05, 4.69) is 0 Å². The maximum Gasteiger partial charge on any atom is 0.225 e. The molecule has 0 spiro atoms. The number of hydrogen-bond donors (Lipinski definition) is 1.